The lowest BCUT2D eigenvalue weighted by Crippen LogP contribution is -2.32. The Morgan fingerprint density at radius 2 is 1.73 bits per heavy atom. The Kier molecular flexibility index (Phi) is 4.84. The zero-order valence-corrected chi connectivity index (χ0v) is 16.0. The average molecular weight is 423 g/mol. The van der Waals surface area contributed by atoms with Gasteiger partial charge in [0.05, 0.1) is 27.4 Å². The Morgan fingerprint density at radius 1 is 1.03 bits per heavy atom. The Morgan fingerprint density at radius 3 is 2.47 bits per heavy atom. The minimum Gasteiger partial charge on any atom is -0.480 e. The highest BCUT2D eigenvalue weighted by atomic mass is 32.2. The second-order valence-electron chi connectivity index (χ2n) is 6.30. The summed E-state index contributed by atoms with van der Waals surface area (Å²) in [6.07, 6.45) is 0. The number of benzene rings is 2. The maximum atomic E-state index is 12.9. The third kappa shape index (κ3) is 3.33. The van der Waals surface area contributed by atoms with Gasteiger partial charge >= 0.3 is 11.9 Å². The van der Waals surface area contributed by atoms with Crippen LogP contribution >= 0.6 is 11.8 Å². The van der Waals surface area contributed by atoms with Gasteiger partial charge in [-0.1, -0.05) is 30.3 Å². The fraction of sp³-hybridized carbons (Fsp3) is 0.0500. The lowest BCUT2D eigenvalue weighted by atomic mass is 10.1. The fourth-order valence-electron chi connectivity index (χ4n) is 3.19. The van der Waals surface area contributed by atoms with E-state index >= 15 is 0 Å². The molecule has 0 unspecified atom stereocenters. The van der Waals surface area contributed by atoms with Crippen molar-refractivity contribution >= 4 is 57.6 Å². The summed E-state index contributed by atoms with van der Waals surface area (Å²) in [5.74, 6) is -3.50. The molecule has 2 amide bonds. The first kappa shape index (κ1) is 19.4. The van der Waals surface area contributed by atoms with Gasteiger partial charge in [0, 0.05) is 5.56 Å². The van der Waals surface area contributed by atoms with E-state index in [-0.39, 0.29) is 26.9 Å². The van der Waals surface area contributed by atoms with Gasteiger partial charge in [-0.05, 0) is 30.0 Å². The predicted molar refractivity (Wildman–Crippen MR) is 110 cm³/mol. The lowest BCUT2D eigenvalue weighted by molar-refractivity contribution is -0.136. The van der Waals surface area contributed by atoms with Gasteiger partial charge in [0.25, 0.3) is 11.8 Å². The number of rotatable bonds is 4. The SMILES string of the molecule is O=C(O)CN1C(=O)/C(=C2\SC(=Nc3ccccc3C(=O)O)NC2=O)c2ccccc21. The minimum atomic E-state index is -1.18. The molecular formula is C20H13N3O6S. The van der Waals surface area contributed by atoms with Gasteiger partial charge in [-0.2, -0.15) is 0 Å². The van der Waals surface area contributed by atoms with E-state index in [9.17, 15) is 24.3 Å². The quantitative estimate of drug-likeness (QED) is 0.641. The number of para-hydroxylation sites is 2. The number of hydrogen-bond donors (Lipinski definition) is 3. The van der Waals surface area contributed by atoms with E-state index in [1.54, 1.807) is 36.4 Å². The van der Waals surface area contributed by atoms with E-state index in [0.29, 0.717) is 11.3 Å². The average Bonchev–Trinajstić information content (AvgIpc) is 3.19. The summed E-state index contributed by atoms with van der Waals surface area (Å²) in [5, 5.41) is 21.1. The normalized spacial score (nSPS) is 19.2. The molecule has 30 heavy (non-hydrogen) atoms. The van der Waals surface area contributed by atoms with Crippen LogP contribution in [0.15, 0.2) is 58.4 Å². The number of carbonyl (C=O) groups excluding carboxylic acids is 2. The van der Waals surface area contributed by atoms with Crippen LogP contribution < -0.4 is 10.2 Å². The molecule has 3 N–H and O–H groups in total. The molecular weight excluding hydrogens is 410 g/mol. The van der Waals surface area contributed by atoms with Crippen LogP contribution in [0.5, 0.6) is 0 Å². The van der Waals surface area contributed by atoms with Crippen molar-refractivity contribution in [2.24, 2.45) is 4.99 Å². The Bertz CT molecular complexity index is 1190. The van der Waals surface area contributed by atoms with Crippen molar-refractivity contribution in [1.82, 2.24) is 5.32 Å². The summed E-state index contributed by atoms with van der Waals surface area (Å²) < 4.78 is 0. The number of thioether (sulfide) groups is 1. The molecule has 10 heteroatoms. The largest absolute Gasteiger partial charge is 0.480 e. The summed E-state index contributed by atoms with van der Waals surface area (Å²) in [7, 11) is 0. The van der Waals surface area contributed by atoms with Crippen LogP contribution in [0.3, 0.4) is 0 Å². The summed E-state index contributed by atoms with van der Waals surface area (Å²) in [6.45, 7) is -0.536. The van der Waals surface area contributed by atoms with Gasteiger partial charge in [-0.25, -0.2) is 9.79 Å². The number of aliphatic imine (C=N–C) groups is 1. The number of carboxylic acids is 2. The van der Waals surface area contributed by atoms with E-state index in [0.717, 1.165) is 16.7 Å². The van der Waals surface area contributed by atoms with Gasteiger partial charge < -0.3 is 15.5 Å². The van der Waals surface area contributed by atoms with E-state index in [1.807, 2.05) is 0 Å². The third-order valence-corrected chi connectivity index (χ3v) is 5.41. The molecule has 2 aliphatic rings. The summed E-state index contributed by atoms with van der Waals surface area (Å²) in [5.41, 5.74) is 1.07. The Labute approximate surface area is 173 Å². The summed E-state index contributed by atoms with van der Waals surface area (Å²) in [6, 6.07) is 12.7. The number of fused-ring (bicyclic) bond motifs is 1. The molecule has 9 nitrogen and oxygen atoms in total. The van der Waals surface area contributed by atoms with Crippen molar-refractivity contribution in [3.8, 4) is 0 Å². The molecule has 0 aromatic heterocycles. The van der Waals surface area contributed by atoms with Gasteiger partial charge in [-0.3, -0.25) is 19.3 Å². The van der Waals surface area contributed by atoms with Gasteiger partial charge in [-0.15, -0.1) is 0 Å². The van der Waals surface area contributed by atoms with Crippen LogP contribution in [-0.2, 0) is 14.4 Å². The molecule has 0 aliphatic carbocycles. The van der Waals surface area contributed by atoms with Crippen LogP contribution in [0.2, 0.25) is 0 Å². The minimum absolute atomic E-state index is 0.0316. The maximum Gasteiger partial charge on any atom is 0.337 e. The van der Waals surface area contributed by atoms with Crippen molar-refractivity contribution in [2.75, 3.05) is 11.4 Å². The van der Waals surface area contributed by atoms with Crippen molar-refractivity contribution in [1.29, 1.82) is 0 Å². The predicted octanol–water partition coefficient (Wildman–Crippen LogP) is 2.08. The van der Waals surface area contributed by atoms with Crippen LogP contribution in [-0.4, -0.2) is 45.7 Å². The van der Waals surface area contributed by atoms with Crippen molar-refractivity contribution < 1.29 is 29.4 Å². The van der Waals surface area contributed by atoms with Gasteiger partial charge in [0.15, 0.2) is 5.17 Å². The number of aliphatic carboxylic acids is 1. The van der Waals surface area contributed by atoms with Crippen LogP contribution in [0.25, 0.3) is 5.57 Å². The number of amides is 2. The zero-order chi connectivity index (χ0) is 21.4. The number of carbonyl (C=O) groups is 4. The highest BCUT2D eigenvalue weighted by Crippen LogP contribution is 2.42. The third-order valence-electron chi connectivity index (χ3n) is 4.43. The van der Waals surface area contributed by atoms with Crippen LogP contribution in [0.4, 0.5) is 11.4 Å². The Balaban J connectivity index is 1.76. The van der Waals surface area contributed by atoms with Crippen molar-refractivity contribution in [2.45, 2.75) is 0 Å². The maximum absolute atomic E-state index is 12.9. The molecule has 1 saturated heterocycles. The Hall–Kier alpha value is -3.92. The lowest BCUT2D eigenvalue weighted by Gasteiger charge is -2.13. The van der Waals surface area contributed by atoms with Crippen molar-refractivity contribution in [3.63, 3.8) is 0 Å². The molecule has 2 aromatic rings. The van der Waals surface area contributed by atoms with Crippen LogP contribution in [0.1, 0.15) is 15.9 Å². The zero-order valence-electron chi connectivity index (χ0n) is 15.2. The number of nitrogens with zero attached hydrogens (tertiary/aromatic N) is 2. The molecule has 150 valence electrons. The molecule has 0 atom stereocenters. The molecule has 0 bridgehead atoms. The number of aromatic carboxylic acids is 1. The molecule has 0 spiro atoms. The highest BCUT2D eigenvalue weighted by molar-refractivity contribution is 8.18. The molecule has 2 heterocycles. The van der Waals surface area contributed by atoms with Gasteiger partial charge in [0.1, 0.15) is 6.54 Å². The first-order valence-corrected chi connectivity index (χ1v) is 9.46. The summed E-state index contributed by atoms with van der Waals surface area (Å²) in [4.78, 5) is 53.5. The molecule has 0 saturated carbocycles. The second-order valence-corrected chi connectivity index (χ2v) is 7.30. The van der Waals surface area contributed by atoms with Gasteiger partial charge in [0.2, 0.25) is 0 Å². The number of hydrogen-bond acceptors (Lipinski definition) is 6. The molecule has 2 aromatic carbocycles. The highest BCUT2D eigenvalue weighted by Gasteiger charge is 2.40. The second kappa shape index (κ2) is 7.48. The van der Waals surface area contributed by atoms with E-state index in [4.69, 9.17) is 5.11 Å². The molecule has 0 radical (unpaired) electrons. The number of carboxylic acid groups (broad SMARTS) is 2. The van der Waals surface area contributed by atoms with Crippen molar-refractivity contribution in [3.05, 3.63) is 64.6 Å². The summed E-state index contributed by atoms with van der Waals surface area (Å²) >= 11 is 0.901. The van der Waals surface area contributed by atoms with E-state index < -0.39 is 30.3 Å². The fourth-order valence-corrected chi connectivity index (χ4v) is 4.11. The first-order chi connectivity index (χ1) is 14.4. The number of nitrogens with one attached hydrogen (secondary N) is 1. The number of anilines is 1. The number of amidine groups is 1. The first-order valence-electron chi connectivity index (χ1n) is 8.64. The van der Waals surface area contributed by atoms with Crippen LogP contribution in [0, 0.1) is 0 Å². The molecule has 2 aliphatic heterocycles. The molecule has 1 fully saturated rings. The smallest absolute Gasteiger partial charge is 0.337 e. The molecule has 4 rings (SSSR count). The standard InChI is InChI=1S/C20H13N3O6S/c24-14(25)9-23-13-8-4-2-6-11(13)15(18(23)27)16-17(26)22-20(30-16)21-12-7-3-1-5-10(12)19(28)29/h1-8H,9H2,(H,24,25)(H,28,29)(H,21,22,26)/b16-15-. The van der Waals surface area contributed by atoms with E-state index in [1.165, 1.54) is 12.1 Å². The monoisotopic (exact) mass is 423 g/mol. The topological polar surface area (TPSA) is 136 Å². The van der Waals surface area contributed by atoms with E-state index in [2.05, 4.69) is 10.3 Å².